The molecular formula is C39H69N2O2. The van der Waals surface area contributed by atoms with Crippen LogP contribution in [0, 0.1) is 6.17 Å². The molecule has 0 unspecified atom stereocenters. The number of nitrogens with one attached hydrogen (secondary N) is 2. The van der Waals surface area contributed by atoms with Crippen LogP contribution in [0.15, 0.2) is 48.6 Å². The van der Waals surface area contributed by atoms with Crippen molar-refractivity contribution < 1.29 is 9.59 Å². The standard InChI is InChI=1S/C39H69N2O2/c1-4-7-9-11-13-15-17-19-21-23-25-27-29-31-33-35-38(42)40-37(6-3)41-39(43)36-34-32-30-28-26-24-22-20-18-16-14-12-10-8-5-2/h13-16,19-22H,4-12,17-18,23-36H2,1-3H3,(H,40,42)(H,41,43)/b15-13-,16-14-,21-19-,22-20-. The Morgan fingerprint density at radius 1 is 0.419 bits per heavy atom. The van der Waals surface area contributed by atoms with Crippen LogP contribution in [0.3, 0.4) is 0 Å². The molecule has 0 fully saturated rings. The van der Waals surface area contributed by atoms with Gasteiger partial charge in [-0.1, -0.05) is 134 Å². The van der Waals surface area contributed by atoms with E-state index in [2.05, 4.69) is 73.1 Å². The Balaban J connectivity index is 3.66. The van der Waals surface area contributed by atoms with Crippen LogP contribution in [0.4, 0.5) is 0 Å². The van der Waals surface area contributed by atoms with Crippen LogP contribution in [0.2, 0.25) is 0 Å². The summed E-state index contributed by atoms with van der Waals surface area (Å²) >= 11 is 0. The topological polar surface area (TPSA) is 58.2 Å². The summed E-state index contributed by atoms with van der Waals surface area (Å²) in [6.07, 6.45) is 46.5. The molecule has 0 spiro atoms. The normalized spacial score (nSPS) is 12.1. The zero-order chi connectivity index (χ0) is 31.5. The van der Waals surface area contributed by atoms with Crippen LogP contribution < -0.4 is 10.6 Å². The third-order valence-electron chi connectivity index (χ3n) is 7.64. The van der Waals surface area contributed by atoms with Crippen molar-refractivity contribution in [2.75, 3.05) is 0 Å². The second-order valence-electron chi connectivity index (χ2n) is 11.9. The number of unbranched alkanes of at least 4 members (excludes halogenated alkanes) is 16. The summed E-state index contributed by atoms with van der Waals surface area (Å²) in [5, 5.41) is 5.84. The maximum atomic E-state index is 12.3. The van der Waals surface area contributed by atoms with Crippen LogP contribution in [0.1, 0.15) is 181 Å². The number of allylic oxidation sites excluding steroid dienone is 8. The highest BCUT2D eigenvalue weighted by molar-refractivity contribution is 5.80. The first-order chi connectivity index (χ1) is 21.1. The Morgan fingerprint density at radius 2 is 0.744 bits per heavy atom. The zero-order valence-corrected chi connectivity index (χ0v) is 28.6. The molecule has 4 heteroatoms. The molecule has 0 bridgehead atoms. The quantitative estimate of drug-likeness (QED) is 0.0617. The lowest BCUT2D eigenvalue weighted by molar-refractivity contribution is -0.122. The lowest BCUT2D eigenvalue weighted by Crippen LogP contribution is -2.40. The molecule has 43 heavy (non-hydrogen) atoms. The maximum absolute atomic E-state index is 12.3. The van der Waals surface area contributed by atoms with Crippen molar-refractivity contribution in [1.29, 1.82) is 0 Å². The molecule has 247 valence electrons. The van der Waals surface area contributed by atoms with E-state index in [-0.39, 0.29) is 11.8 Å². The fourth-order valence-corrected chi connectivity index (χ4v) is 4.86. The predicted molar refractivity (Wildman–Crippen MR) is 189 cm³/mol. The molecule has 0 aromatic carbocycles. The molecule has 0 saturated heterocycles. The van der Waals surface area contributed by atoms with Crippen LogP contribution >= 0.6 is 0 Å². The average Bonchev–Trinajstić information content (AvgIpc) is 3.00. The van der Waals surface area contributed by atoms with Gasteiger partial charge in [0.1, 0.15) is 0 Å². The van der Waals surface area contributed by atoms with Gasteiger partial charge >= 0.3 is 0 Å². The lowest BCUT2D eigenvalue weighted by atomic mass is 10.1. The molecule has 0 saturated carbocycles. The van der Waals surface area contributed by atoms with Gasteiger partial charge in [0.25, 0.3) is 0 Å². The Kier molecular flexibility index (Phi) is 32.7. The van der Waals surface area contributed by atoms with E-state index in [1.165, 1.54) is 89.9 Å². The highest BCUT2D eigenvalue weighted by atomic mass is 16.2. The predicted octanol–water partition coefficient (Wildman–Crippen LogP) is 11.7. The van der Waals surface area contributed by atoms with Crippen molar-refractivity contribution in [2.24, 2.45) is 0 Å². The van der Waals surface area contributed by atoms with Gasteiger partial charge in [-0.3, -0.25) is 9.59 Å². The van der Waals surface area contributed by atoms with Crippen LogP contribution in [-0.2, 0) is 9.59 Å². The van der Waals surface area contributed by atoms with E-state index in [1.807, 2.05) is 6.92 Å². The van der Waals surface area contributed by atoms with E-state index >= 15 is 0 Å². The second-order valence-corrected chi connectivity index (χ2v) is 11.9. The van der Waals surface area contributed by atoms with E-state index < -0.39 is 0 Å². The molecule has 4 nitrogen and oxygen atoms in total. The first-order valence-electron chi connectivity index (χ1n) is 18.2. The van der Waals surface area contributed by atoms with Crippen LogP contribution in [0.25, 0.3) is 0 Å². The highest BCUT2D eigenvalue weighted by Crippen LogP contribution is 2.11. The van der Waals surface area contributed by atoms with Crippen molar-refractivity contribution in [2.45, 2.75) is 181 Å². The summed E-state index contributed by atoms with van der Waals surface area (Å²) in [4.78, 5) is 24.7. The van der Waals surface area contributed by atoms with Gasteiger partial charge in [-0.15, -0.1) is 0 Å². The Hall–Kier alpha value is -2.10. The number of carbonyl (C=O) groups excluding carboxylic acids is 2. The number of carbonyl (C=O) groups is 2. The summed E-state index contributed by atoms with van der Waals surface area (Å²) in [7, 11) is 0. The minimum Gasteiger partial charge on any atom is -0.330 e. The van der Waals surface area contributed by atoms with Gasteiger partial charge in [0.2, 0.25) is 11.8 Å². The van der Waals surface area contributed by atoms with Crippen LogP contribution in [0.5, 0.6) is 0 Å². The van der Waals surface area contributed by atoms with E-state index in [0.717, 1.165) is 51.4 Å². The summed E-state index contributed by atoms with van der Waals surface area (Å²) in [5.41, 5.74) is 0. The van der Waals surface area contributed by atoms with Crippen LogP contribution in [-0.4, -0.2) is 11.8 Å². The summed E-state index contributed by atoms with van der Waals surface area (Å²) in [6.45, 7) is 6.45. The molecule has 0 aliphatic heterocycles. The Labute approximate surface area is 267 Å². The lowest BCUT2D eigenvalue weighted by Gasteiger charge is -2.17. The van der Waals surface area contributed by atoms with E-state index in [9.17, 15) is 9.59 Å². The van der Waals surface area contributed by atoms with Gasteiger partial charge in [0, 0.05) is 12.8 Å². The van der Waals surface area contributed by atoms with E-state index in [1.54, 1.807) is 0 Å². The monoisotopic (exact) mass is 598 g/mol. The molecule has 0 aromatic rings. The maximum Gasteiger partial charge on any atom is 0.221 e. The molecule has 0 aliphatic carbocycles. The Bertz CT molecular complexity index is 678. The van der Waals surface area contributed by atoms with Gasteiger partial charge in [-0.05, 0) is 83.5 Å². The van der Waals surface area contributed by atoms with Crippen molar-refractivity contribution in [3.05, 3.63) is 54.8 Å². The zero-order valence-electron chi connectivity index (χ0n) is 28.6. The number of hydrogen-bond donors (Lipinski definition) is 2. The van der Waals surface area contributed by atoms with Crippen molar-refractivity contribution >= 4 is 11.8 Å². The Morgan fingerprint density at radius 3 is 1.09 bits per heavy atom. The molecular weight excluding hydrogens is 528 g/mol. The third-order valence-corrected chi connectivity index (χ3v) is 7.64. The molecule has 2 amide bonds. The third kappa shape index (κ3) is 32.6. The minimum atomic E-state index is 0.0138. The fraction of sp³-hybridized carbons (Fsp3) is 0.718. The second kappa shape index (κ2) is 34.4. The van der Waals surface area contributed by atoms with Gasteiger partial charge in [-0.25, -0.2) is 0 Å². The first-order valence-corrected chi connectivity index (χ1v) is 18.2. The smallest absolute Gasteiger partial charge is 0.221 e. The molecule has 0 aliphatic rings. The van der Waals surface area contributed by atoms with Crippen molar-refractivity contribution in [3.8, 4) is 0 Å². The van der Waals surface area contributed by atoms with Crippen molar-refractivity contribution in [1.82, 2.24) is 10.6 Å². The van der Waals surface area contributed by atoms with Gasteiger partial charge in [-0.2, -0.15) is 0 Å². The number of rotatable bonds is 31. The number of amides is 2. The molecule has 0 rings (SSSR count). The minimum absolute atomic E-state index is 0.0138. The molecule has 0 aromatic heterocycles. The SMILES string of the molecule is CCCCC/C=C\C/C=C\CCCCCCCC(=O)N[C](CC)NC(=O)CCCCCCC/C=C\C/C=C\CCCCC. The molecule has 0 atom stereocenters. The van der Waals surface area contributed by atoms with Gasteiger partial charge < -0.3 is 10.6 Å². The first kappa shape index (κ1) is 40.9. The highest BCUT2D eigenvalue weighted by Gasteiger charge is 2.14. The molecule has 0 heterocycles. The summed E-state index contributed by atoms with van der Waals surface area (Å²) in [6, 6.07) is 0. The molecule has 2 N–H and O–H groups in total. The van der Waals surface area contributed by atoms with Gasteiger partial charge in [0.05, 0.1) is 0 Å². The van der Waals surface area contributed by atoms with Gasteiger partial charge in [0.15, 0.2) is 6.17 Å². The van der Waals surface area contributed by atoms with E-state index in [0.29, 0.717) is 25.4 Å². The molecule has 1 radical (unpaired) electrons. The number of hydrogen-bond acceptors (Lipinski definition) is 2. The van der Waals surface area contributed by atoms with Crippen molar-refractivity contribution in [3.63, 3.8) is 0 Å². The van der Waals surface area contributed by atoms with E-state index in [4.69, 9.17) is 0 Å². The largest absolute Gasteiger partial charge is 0.330 e. The summed E-state index contributed by atoms with van der Waals surface area (Å²) < 4.78 is 0. The summed E-state index contributed by atoms with van der Waals surface area (Å²) in [5.74, 6) is 0.0276. The fourth-order valence-electron chi connectivity index (χ4n) is 4.86. The average molecular weight is 598 g/mol.